The van der Waals surface area contributed by atoms with Gasteiger partial charge >= 0.3 is 0 Å². The first-order valence-corrected chi connectivity index (χ1v) is 4.44. The van der Waals surface area contributed by atoms with Crippen molar-refractivity contribution in [3.8, 4) is 0 Å². The van der Waals surface area contributed by atoms with Gasteiger partial charge in [-0.1, -0.05) is 6.92 Å². The quantitative estimate of drug-likeness (QED) is 0.583. The zero-order valence-corrected chi connectivity index (χ0v) is 7.35. The van der Waals surface area contributed by atoms with E-state index in [4.69, 9.17) is 5.73 Å². The highest BCUT2D eigenvalue weighted by Gasteiger charge is 2.18. The SMILES string of the molecule is C[C@@H]1CNc2[nH]cc(CN)c2C1. The zero-order chi connectivity index (χ0) is 8.55. The minimum Gasteiger partial charge on any atom is -0.371 e. The molecule has 0 aromatic carbocycles. The molecule has 0 spiro atoms. The average molecular weight is 165 g/mol. The fourth-order valence-corrected chi connectivity index (χ4v) is 1.76. The van der Waals surface area contributed by atoms with Crippen LogP contribution < -0.4 is 11.1 Å². The van der Waals surface area contributed by atoms with Crippen LogP contribution >= 0.6 is 0 Å². The van der Waals surface area contributed by atoms with Crippen LogP contribution in [0.1, 0.15) is 18.1 Å². The van der Waals surface area contributed by atoms with Crippen molar-refractivity contribution < 1.29 is 0 Å². The number of aromatic nitrogens is 1. The van der Waals surface area contributed by atoms with Gasteiger partial charge < -0.3 is 16.0 Å². The molecule has 0 saturated carbocycles. The van der Waals surface area contributed by atoms with E-state index in [2.05, 4.69) is 17.2 Å². The third-order valence-corrected chi connectivity index (χ3v) is 2.48. The number of nitrogens with one attached hydrogen (secondary N) is 2. The monoisotopic (exact) mass is 165 g/mol. The van der Waals surface area contributed by atoms with Crippen LogP contribution in [-0.4, -0.2) is 11.5 Å². The van der Waals surface area contributed by atoms with Gasteiger partial charge in [0.15, 0.2) is 0 Å². The minimum absolute atomic E-state index is 0.639. The molecule has 0 fully saturated rings. The second-order valence-electron chi connectivity index (χ2n) is 3.56. The number of nitrogens with two attached hydrogens (primary N) is 1. The van der Waals surface area contributed by atoms with Crippen LogP contribution in [0.4, 0.5) is 5.82 Å². The second kappa shape index (κ2) is 2.83. The molecule has 12 heavy (non-hydrogen) atoms. The largest absolute Gasteiger partial charge is 0.371 e. The predicted molar refractivity (Wildman–Crippen MR) is 50.0 cm³/mol. The van der Waals surface area contributed by atoms with Crippen molar-refractivity contribution in [2.75, 3.05) is 11.9 Å². The fourth-order valence-electron chi connectivity index (χ4n) is 1.76. The van der Waals surface area contributed by atoms with Crippen molar-refractivity contribution in [1.29, 1.82) is 0 Å². The van der Waals surface area contributed by atoms with Gasteiger partial charge in [0.05, 0.1) is 0 Å². The van der Waals surface area contributed by atoms with E-state index in [-0.39, 0.29) is 0 Å². The van der Waals surface area contributed by atoms with Crippen molar-refractivity contribution >= 4 is 5.82 Å². The highest BCUT2D eigenvalue weighted by Crippen LogP contribution is 2.26. The first-order chi connectivity index (χ1) is 5.81. The van der Waals surface area contributed by atoms with Crippen LogP contribution in [0.15, 0.2) is 6.20 Å². The van der Waals surface area contributed by atoms with Gasteiger partial charge in [-0.25, -0.2) is 0 Å². The molecule has 0 amide bonds. The summed E-state index contributed by atoms with van der Waals surface area (Å²) in [4.78, 5) is 3.21. The summed E-state index contributed by atoms with van der Waals surface area (Å²) in [7, 11) is 0. The smallest absolute Gasteiger partial charge is 0.106 e. The summed E-state index contributed by atoms with van der Waals surface area (Å²) in [5.41, 5.74) is 8.26. The van der Waals surface area contributed by atoms with Gasteiger partial charge in [0.2, 0.25) is 0 Å². The molecule has 2 rings (SSSR count). The Kier molecular flexibility index (Phi) is 1.81. The number of hydrogen-bond donors (Lipinski definition) is 3. The molecule has 1 aromatic heterocycles. The lowest BCUT2D eigenvalue weighted by Gasteiger charge is -2.20. The fraction of sp³-hybridized carbons (Fsp3) is 0.556. The summed E-state index contributed by atoms with van der Waals surface area (Å²) in [6, 6.07) is 0. The van der Waals surface area contributed by atoms with Crippen LogP contribution in [-0.2, 0) is 13.0 Å². The number of aromatic amines is 1. The molecule has 1 atom stereocenters. The summed E-state index contributed by atoms with van der Waals surface area (Å²) >= 11 is 0. The standard InChI is InChI=1S/C9H15N3/c1-6-2-8-7(3-10)5-12-9(8)11-4-6/h5-6,11-12H,2-4,10H2,1H3/t6-/m0/s1. The number of rotatable bonds is 1. The highest BCUT2D eigenvalue weighted by molar-refractivity contribution is 5.51. The summed E-state index contributed by atoms with van der Waals surface area (Å²) in [6.07, 6.45) is 3.16. The summed E-state index contributed by atoms with van der Waals surface area (Å²) in [5.74, 6) is 1.90. The molecule has 1 aliphatic rings. The molecule has 0 unspecified atom stereocenters. The Labute approximate surface area is 72.3 Å². The molecule has 4 N–H and O–H groups in total. The summed E-state index contributed by atoms with van der Waals surface area (Å²) in [5, 5.41) is 3.36. The van der Waals surface area contributed by atoms with E-state index in [9.17, 15) is 0 Å². The molecule has 1 aromatic rings. The van der Waals surface area contributed by atoms with Gasteiger partial charge in [-0.05, 0) is 23.5 Å². The van der Waals surface area contributed by atoms with Crippen LogP contribution in [0, 0.1) is 5.92 Å². The van der Waals surface area contributed by atoms with Crippen molar-refractivity contribution in [3.05, 3.63) is 17.3 Å². The summed E-state index contributed by atoms with van der Waals surface area (Å²) in [6.45, 7) is 3.96. The van der Waals surface area contributed by atoms with Crippen molar-refractivity contribution in [3.63, 3.8) is 0 Å². The van der Waals surface area contributed by atoms with E-state index in [0.29, 0.717) is 6.54 Å². The molecule has 1 aliphatic heterocycles. The number of fused-ring (bicyclic) bond motifs is 1. The topological polar surface area (TPSA) is 53.8 Å². The molecule has 2 heterocycles. The molecule has 0 saturated heterocycles. The Hall–Kier alpha value is -0.960. The lowest BCUT2D eigenvalue weighted by Crippen LogP contribution is -2.20. The Morgan fingerprint density at radius 1 is 1.67 bits per heavy atom. The Morgan fingerprint density at radius 2 is 2.50 bits per heavy atom. The molecule has 0 bridgehead atoms. The van der Waals surface area contributed by atoms with E-state index in [0.717, 1.165) is 18.9 Å². The van der Waals surface area contributed by atoms with Crippen molar-refractivity contribution in [2.45, 2.75) is 19.9 Å². The summed E-state index contributed by atoms with van der Waals surface area (Å²) < 4.78 is 0. The number of anilines is 1. The van der Waals surface area contributed by atoms with Crippen LogP contribution in [0.25, 0.3) is 0 Å². The minimum atomic E-state index is 0.639. The molecular formula is C9H15N3. The molecular weight excluding hydrogens is 150 g/mol. The molecule has 3 nitrogen and oxygen atoms in total. The maximum absolute atomic E-state index is 5.62. The van der Waals surface area contributed by atoms with E-state index in [1.54, 1.807) is 0 Å². The molecule has 3 heteroatoms. The van der Waals surface area contributed by atoms with Gasteiger partial charge in [0.1, 0.15) is 5.82 Å². The molecule has 0 aliphatic carbocycles. The van der Waals surface area contributed by atoms with Crippen LogP contribution in [0.3, 0.4) is 0 Å². The lowest BCUT2D eigenvalue weighted by molar-refractivity contribution is 0.591. The Balaban J connectivity index is 2.34. The van der Waals surface area contributed by atoms with E-state index >= 15 is 0 Å². The van der Waals surface area contributed by atoms with Crippen LogP contribution in [0.2, 0.25) is 0 Å². The molecule has 66 valence electrons. The maximum atomic E-state index is 5.62. The van der Waals surface area contributed by atoms with Crippen LogP contribution in [0.5, 0.6) is 0 Å². The molecule has 0 radical (unpaired) electrons. The van der Waals surface area contributed by atoms with Gasteiger partial charge in [0, 0.05) is 19.3 Å². The number of H-pyrrole nitrogens is 1. The maximum Gasteiger partial charge on any atom is 0.106 e. The zero-order valence-electron chi connectivity index (χ0n) is 7.35. The van der Waals surface area contributed by atoms with Crippen molar-refractivity contribution in [1.82, 2.24) is 4.98 Å². The lowest BCUT2D eigenvalue weighted by atomic mass is 9.96. The van der Waals surface area contributed by atoms with Crippen molar-refractivity contribution in [2.24, 2.45) is 11.7 Å². The van der Waals surface area contributed by atoms with Gasteiger partial charge in [-0.2, -0.15) is 0 Å². The third-order valence-electron chi connectivity index (χ3n) is 2.48. The van der Waals surface area contributed by atoms with E-state index < -0.39 is 0 Å². The van der Waals surface area contributed by atoms with E-state index in [1.165, 1.54) is 16.9 Å². The Bertz CT molecular complexity index is 264. The predicted octanol–water partition coefficient (Wildman–Crippen LogP) is 1.08. The Morgan fingerprint density at radius 3 is 3.25 bits per heavy atom. The van der Waals surface area contributed by atoms with Gasteiger partial charge in [0.25, 0.3) is 0 Å². The van der Waals surface area contributed by atoms with E-state index in [1.807, 2.05) is 6.20 Å². The first kappa shape index (κ1) is 7.68. The normalized spacial score (nSPS) is 21.7. The average Bonchev–Trinajstić information content (AvgIpc) is 2.46. The second-order valence-corrected chi connectivity index (χ2v) is 3.56. The first-order valence-electron chi connectivity index (χ1n) is 4.44. The number of hydrogen-bond acceptors (Lipinski definition) is 2. The third kappa shape index (κ3) is 1.10. The van der Waals surface area contributed by atoms with Gasteiger partial charge in [-0.3, -0.25) is 0 Å². The highest BCUT2D eigenvalue weighted by atomic mass is 15.0. The van der Waals surface area contributed by atoms with Gasteiger partial charge in [-0.15, -0.1) is 0 Å².